The van der Waals surface area contributed by atoms with Gasteiger partial charge in [-0.05, 0) is 68.1 Å². The quantitative estimate of drug-likeness (QED) is 0.516. The average Bonchev–Trinajstić information content (AvgIpc) is 3.66. The minimum Gasteiger partial charge on any atom is -0.494 e. The van der Waals surface area contributed by atoms with Gasteiger partial charge in [0.15, 0.2) is 5.75 Å². The second-order valence-electron chi connectivity index (χ2n) is 8.19. The minimum absolute atomic E-state index is 0.0719. The number of anilines is 1. The van der Waals surface area contributed by atoms with Gasteiger partial charge in [0.2, 0.25) is 15.9 Å². The molecule has 10 heteroatoms. The number of rotatable bonds is 11. The number of morpholine rings is 1. The summed E-state index contributed by atoms with van der Waals surface area (Å²) in [7, 11) is -3.74. The summed E-state index contributed by atoms with van der Waals surface area (Å²) in [6.45, 7) is 4.15. The van der Waals surface area contributed by atoms with E-state index >= 15 is 0 Å². The molecule has 9 nitrogen and oxygen atoms in total. The van der Waals surface area contributed by atoms with Crippen LogP contribution in [-0.2, 0) is 24.3 Å². The maximum Gasteiger partial charge on any atom is 0.250 e. The van der Waals surface area contributed by atoms with E-state index in [9.17, 15) is 13.2 Å². The maximum absolute atomic E-state index is 13.1. The number of benzene rings is 2. The van der Waals surface area contributed by atoms with Gasteiger partial charge < -0.3 is 24.3 Å². The molecule has 2 aromatic carbocycles. The topological polar surface area (TPSA) is 103 Å². The summed E-state index contributed by atoms with van der Waals surface area (Å²) in [6.07, 6.45) is 2.26. The molecule has 184 valence electrons. The lowest BCUT2D eigenvalue weighted by Gasteiger charge is -2.26. The van der Waals surface area contributed by atoms with Crippen LogP contribution in [0.3, 0.4) is 0 Å². The Morgan fingerprint density at radius 1 is 1.09 bits per heavy atom. The number of nitrogens with zero attached hydrogens (tertiary/aromatic N) is 1. The molecule has 0 unspecified atom stereocenters. The summed E-state index contributed by atoms with van der Waals surface area (Å²) in [6, 6.07) is 11.5. The number of sulfonamides is 1. The van der Waals surface area contributed by atoms with Crippen LogP contribution in [0.4, 0.5) is 5.69 Å². The average molecular weight is 491 g/mol. The third-order valence-electron chi connectivity index (χ3n) is 5.48. The largest absolute Gasteiger partial charge is 0.494 e. The molecule has 2 fully saturated rings. The van der Waals surface area contributed by atoms with Gasteiger partial charge in [0.1, 0.15) is 18.1 Å². The fourth-order valence-corrected chi connectivity index (χ4v) is 4.91. The van der Waals surface area contributed by atoms with Gasteiger partial charge >= 0.3 is 0 Å². The molecule has 1 saturated heterocycles. The minimum atomic E-state index is -3.74. The highest BCUT2D eigenvalue weighted by atomic mass is 32.2. The van der Waals surface area contributed by atoms with E-state index in [0.29, 0.717) is 49.6 Å². The molecule has 2 aliphatic rings. The summed E-state index contributed by atoms with van der Waals surface area (Å²) < 4.78 is 49.8. The van der Waals surface area contributed by atoms with Crippen LogP contribution in [0.1, 0.15) is 19.8 Å². The lowest BCUT2D eigenvalue weighted by Crippen LogP contribution is -2.40. The summed E-state index contributed by atoms with van der Waals surface area (Å²) >= 11 is 0. The van der Waals surface area contributed by atoms with Crippen molar-refractivity contribution in [1.82, 2.24) is 4.31 Å². The van der Waals surface area contributed by atoms with Crippen molar-refractivity contribution in [2.45, 2.75) is 24.7 Å². The monoisotopic (exact) mass is 490 g/mol. The van der Waals surface area contributed by atoms with Gasteiger partial charge in [0, 0.05) is 13.1 Å². The van der Waals surface area contributed by atoms with Crippen LogP contribution < -0.4 is 14.8 Å². The first-order valence-corrected chi connectivity index (χ1v) is 12.9. The first-order chi connectivity index (χ1) is 16.5. The number of ether oxygens (including phenoxy) is 4. The lowest BCUT2D eigenvalue weighted by atomic mass is 10.2. The van der Waals surface area contributed by atoms with Crippen molar-refractivity contribution in [3.05, 3.63) is 42.5 Å². The Morgan fingerprint density at radius 3 is 2.47 bits per heavy atom. The van der Waals surface area contributed by atoms with Crippen molar-refractivity contribution >= 4 is 21.6 Å². The molecule has 1 N–H and O–H groups in total. The Labute approximate surface area is 200 Å². The first kappa shape index (κ1) is 24.5. The van der Waals surface area contributed by atoms with E-state index in [1.165, 1.54) is 16.4 Å². The van der Waals surface area contributed by atoms with E-state index in [-0.39, 0.29) is 36.2 Å². The smallest absolute Gasteiger partial charge is 0.250 e. The number of nitrogens with one attached hydrogen (secondary N) is 1. The Kier molecular flexibility index (Phi) is 8.04. The number of hydrogen-bond donors (Lipinski definition) is 1. The molecule has 4 rings (SSSR count). The molecule has 1 heterocycles. The van der Waals surface area contributed by atoms with Gasteiger partial charge in [-0.1, -0.05) is 0 Å². The van der Waals surface area contributed by atoms with E-state index < -0.39 is 10.0 Å². The molecule has 1 amide bonds. The van der Waals surface area contributed by atoms with Gasteiger partial charge in [0.05, 0.1) is 37.0 Å². The molecule has 34 heavy (non-hydrogen) atoms. The van der Waals surface area contributed by atoms with Crippen LogP contribution >= 0.6 is 0 Å². The molecule has 0 aromatic heterocycles. The molecular weight excluding hydrogens is 460 g/mol. The normalized spacial score (nSPS) is 16.7. The fraction of sp³-hybridized carbons (Fsp3) is 0.458. The highest BCUT2D eigenvalue weighted by molar-refractivity contribution is 7.89. The zero-order chi connectivity index (χ0) is 24.0. The van der Waals surface area contributed by atoms with Crippen LogP contribution in [0.2, 0.25) is 0 Å². The van der Waals surface area contributed by atoms with E-state index in [1.807, 2.05) is 6.92 Å². The Morgan fingerprint density at radius 2 is 1.79 bits per heavy atom. The third-order valence-corrected chi connectivity index (χ3v) is 7.37. The first-order valence-electron chi connectivity index (χ1n) is 11.5. The second-order valence-corrected chi connectivity index (χ2v) is 10.1. The van der Waals surface area contributed by atoms with Gasteiger partial charge in [-0.2, -0.15) is 4.31 Å². The van der Waals surface area contributed by atoms with Crippen molar-refractivity contribution in [2.24, 2.45) is 5.92 Å². The lowest BCUT2D eigenvalue weighted by molar-refractivity contribution is -0.120. The summed E-state index contributed by atoms with van der Waals surface area (Å²) in [5.41, 5.74) is 0.253. The summed E-state index contributed by atoms with van der Waals surface area (Å²) in [5.74, 6) is 1.71. The van der Waals surface area contributed by atoms with Crippen molar-refractivity contribution in [1.29, 1.82) is 0 Å². The molecule has 0 atom stereocenters. The van der Waals surface area contributed by atoms with Gasteiger partial charge in [0.25, 0.3) is 0 Å². The van der Waals surface area contributed by atoms with Crippen LogP contribution in [0.25, 0.3) is 0 Å². The van der Waals surface area contributed by atoms with Crippen LogP contribution in [0.15, 0.2) is 47.4 Å². The van der Waals surface area contributed by atoms with Crippen LogP contribution in [-0.4, -0.2) is 64.8 Å². The van der Waals surface area contributed by atoms with Crippen molar-refractivity contribution in [2.75, 3.05) is 51.4 Å². The Hall–Kier alpha value is -2.66. The van der Waals surface area contributed by atoms with E-state index in [2.05, 4.69) is 5.32 Å². The molecule has 1 aliphatic carbocycles. The predicted molar refractivity (Wildman–Crippen MR) is 126 cm³/mol. The van der Waals surface area contributed by atoms with Gasteiger partial charge in [-0.25, -0.2) is 8.42 Å². The van der Waals surface area contributed by atoms with Crippen LogP contribution in [0.5, 0.6) is 17.2 Å². The highest BCUT2D eigenvalue weighted by Gasteiger charge is 2.27. The third kappa shape index (κ3) is 6.47. The zero-order valence-corrected chi connectivity index (χ0v) is 20.0. The number of carbonyl (C=O) groups excluding carboxylic acids is 1. The number of amides is 1. The predicted octanol–water partition coefficient (Wildman–Crippen LogP) is 3.26. The fourth-order valence-electron chi connectivity index (χ4n) is 3.48. The zero-order valence-electron chi connectivity index (χ0n) is 19.2. The highest BCUT2D eigenvalue weighted by Crippen LogP contribution is 2.34. The molecule has 1 aliphatic heterocycles. The molecular formula is C24H30N2O7S. The van der Waals surface area contributed by atoms with Crippen LogP contribution in [0, 0.1) is 5.92 Å². The molecule has 0 spiro atoms. The molecule has 2 aromatic rings. The van der Waals surface area contributed by atoms with Crippen molar-refractivity contribution in [3.63, 3.8) is 0 Å². The summed E-state index contributed by atoms with van der Waals surface area (Å²) in [5, 5.41) is 2.75. The summed E-state index contributed by atoms with van der Waals surface area (Å²) in [4.78, 5) is 12.6. The maximum atomic E-state index is 13.1. The van der Waals surface area contributed by atoms with Crippen molar-refractivity contribution in [3.8, 4) is 17.2 Å². The number of hydrogen-bond acceptors (Lipinski definition) is 7. The number of carbonyl (C=O) groups is 1. The Bertz CT molecular complexity index is 1080. The van der Waals surface area contributed by atoms with E-state index in [4.69, 9.17) is 18.9 Å². The molecule has 0 radical (unpaired) electrons. The van der Waals surface area contributed by atoms with Gasteiger partial charge in [-0.15, -0.1) is 0 Å². The SMILES string of the molecule is CCOc1ccc(Oc2ccc(S(=O)(=O)N3CCOCC3)cc2NC(=O)COCC2CC2)cc1. The second kappa shape index (κ2) is 11.2. The van der Waals surface area contributed by atoms with E-state index in [1.54, 1.807) is 30.3 Å². The standard InChI is InChI=1S/C24H30N2O7S/c1-2-32-19-5-7-20(8-6-19)33-23-10-9-21(34(28,29)26-11-13-30-14-12-26)15-22(23)25-24(27)17-31-16-18-3-4-18/h5-10,15,18H,2-4,11-14,16-17H2,1H3,(H,25,27). The Balaban J connectivity index is 1.54. The molecule has 1 saturated carbocycles. The van der Waals surface area contributed by atoms with Gasteiger partial charge in [-0.3, -0.25) is 4.79 Å². The molecule has 0 bridgehead atoms. The van der Waals surface area contributed by atoms with Crippen molar-refractivity contribution < 1.29 is 32.2 Å². The van der Waals surface area contributed by atoms with E-state index in [0.717, 1.165) is 12.8 Å².